The highest BCUT2D eigenvalue weighted by Crippen LogP contribution is 2.44. The van der Waals surface area contributed by atoms with Crippen LogP contribution in [0, 0.1) is 17.3 Å². The molecule has 82 valence electrons. The Balaban J connectivity index is 2.28. The van der Waals surface area contributed by atoms with Gasteiger partial charge >= 0.3 is 0 Å². The van der Waals surface area contributed by atoms with E-state index in [1.165, 1.54) is 0 Å². The van der Waals surface area contributed by atoms with Crippen LogP contribution >= 0.6 is 0 Å². The fraction of sp³-hybridized carbons (Fsp3) is 0.909. The molecule has 0 aliphatic heterocycles. The van der Waals surface area contributed by atoms with Crippen LogP contribution in [0.2, 0.25) is 0 Å². The summed E-state index contributed by atoms with van der Waals surface area (Å²) in [6, 6.07) is 0. The summed E-state index contributed by atoms with van der Waals surface area (Å²) in [6.45, 7) is 6.87. The van der Waals surface area contributed by atoms with E-state index in [4.69, 9.17) is 5.11 Å². The summed E-state index contributed by atoms with van der Waals surface area (Å²) < 4.78 is 0. The van der Waals surface area contributed by atoms with Gasteiger partial charge in [0.05, 0.1) is 6.61 Å². The molecule has 1 atom stereocenters. The third-order valence-corrected chi connectivity index (χ3v) is 3.34. The molecule has 3 nitrogen and oxygen atoms in total. The number of carbonyl (C=O) groups excluding carboxylic acids is 1. The highest BCUT2D eigenvalue weighted by molar-refractivity contribution is 5.78. The predicted octanol–water partition coefficient (Wildman–Crippen LogP) is 1.17. The zero-order valence-electron chi connectivity index (χ0n) is 9.34. The minimum atomic E-state index is 0.0202. The third-order valence-electron chi connectivity index (χ3n) is 3.34. The smallest absolute Gasteiger partial charge is 0.223 e. The van der Waals surface area contributed by atoms with Crippen LogP contribution in [0.3, 0.4) is 0 Å². The average molecular weight is 199 g/mol. The van der Waals surface area contributed by atoms with Crippen molar-refractivity contribution in [3.05, 3.63) is 0 Å². The largest absolute Gasteiger partial charge is 0.396 e. The van der Waals surface area contributed by atoms with Crippen LogP contribution in [0.1, 0.15) is 33.6 Å². The van der Waals surface area contributed by atoms with E-state index in [2.05, 4.69) is 5.32 Å². The van der Waals surface area contributed by atoms with Crippen LogP contribution < -0.4 is 5.32 Å². The molecule has 0 aromatic heterocycles. The van der Waals surface area contributed by atoms with Gasteiger partial charge in [-0.3, -0.25) is 4.79 Å². The molecule has 1 aliphatic carbocycles. The van der Waals surface area contributed by atoms with E-state index in [0.29, 0.717) is 12.5 Å². The number of rotatable bonds is 5. The van der Waals surface area contributed by atoms with Crippen LogP contribution in [0.25, 0.3) is 0 Å². The first-order valence-electron chi connectivity index (χ1n) is 5.39. The number of aliphatic hydroxyl groups is 1. The number of amides is 1. The molecule has 1 fully saturated rings. The van der Waals surface area contributed by atoms with Crippen LogP contribution in [0.5, 0.6) is 0 Å². The van der Waals surface area contributed by atoms with Gasteiger partial charge in [0.1, 0.15) is 0 Å². The Morgan fingerprint density at radius 1 is 1.43 bits per heavy atom. The second-order valence-corrected chi connectivity index (χ2v) is 4.91. The fourth-order valence-electron chi connectivity index (χ4n) is 1.31. The van der Waals surface area contributed by atoms with Crippen molar-refractivity contribution in [2.24, 2.45) is 17.3 Å². The summed E-state index contributed by atoms with van der Waals surface area (Å²) in [5, 5.41) is 12.0. The van der Waals surface area contributed by atoms with Crippen LogP contribution in [-0.2, 0) is 4.79 Å². The maximum Gasteiger partial charge on any atom is 0.223 e. The van der Waals surface area contributed by atoms with E-state index in [1.54, 1.807) is 0 Å². The van der Waals surface area contributed by atoms with Crippen molar-refractivity contribution in [1.29, 1.82) is 0 Å². The van der Waals surface area contributed by atoms with Crippen LogP contribution in [0.4, 0.5) is 0 Å². The molecule has 1 aliphatic rings. The number of hydrogen-bond acceptors (Lipinski definition) is 2. The van der Waals surface area contributed by atoms with Gasteiger partial charge in [-0.25, -0.2) is 0 Å². The lowest BCUT2D eigenvalue weighted by atomic mass is 9.97. The molecule has 0 radical (unpaired) electrons. The first-order chi connectivity index (χ1) is 6.51. The van der Waals surface area contributed by atoms with Crippen molar-refractivity contribution in [3.63, 3.8) is 0 Å². The topological polar surface area (TPSA) is 49.3 Å². The monoisotopic (exact) mass is 199 g/mol. The van der Waals surface area contributed by atoms with Crippen LogP contribution in [0.15, 0.2) is 0 Å². The summed E-state index contributed by atoms with van der Waals surface area (Å²) in [7, 11) is 0. The van der Waals surface area contributed by atoms with E-state index in [-0.39, 0.29) is 23.8 Å². The minimum absolute atomic E-state index is 0.0202. The molecule has 1 saturated carbocycles. The highest BCUT2D eigenvalue weighted by atomic mass is 16.3. The van der Waals surface area contributed by atoms with Crippen molar-refractivity contribution in [3.8, 4) is 0 Å². The van der Waals surface area contributed by atoms with Gasteiger partial charge in [-0.2, -0.15) is 0 Å². The Morgan fingerprint density at radius 2 is 2.00 bits per heavy atom. The number of carbonyl (C=O) groups is 1. The van der Waals surface area contributed by atoms with Crippen molar-refractivity contribution in [1.82, 2.24) is 5.32 Å². The Morgan fingerprint density at radius 3 is 2.36 bits per heavy atom. The van der Waals surface area contributed by atoms with Crippen molar-refractivity contribution in [2.45, 2.75) is 33.6 Å². The summed E-state index contributed by atoms with van der Waals surface area (Å²) >= 11 is 0. The third kappa shape index (κ3) is 2.71. The SMILES string of the molecule is CC(C)C(C)C(=O)NCC1(CO)CC1. The molecule has 0 heterocycles. The molecule has 0 bridgehead atoms. The molecule has 1 rings (SSSR count). The van der Waals surface area contributed by atoms with Gasteiger partial charge in [0, 0.05) is 17.9 Å². The molecule has 0 spiro atoms. The second-order valence-electron chi connectivity index (χ2n) is 4.91. The standard InChI is InChI=1S/C11H21NO2/c1-8(2)9(3)10(14)12-6-11(7-13)4-5-11/h8-9,13H,4-7H2,1-3H3,(H,12,14). The highest BCUT2D eigenvalue weighted by Gasteiger charge is 2.42. The Labute approximate surface area is 85.9 Å². The van der Waals surface area contributed by atoms with Crippen molar-refractivity contribution >= 4 is 5.91 Å². The molecular weight excluding hydrogens is 178 g/mol. The molecule has 0 aromatic rings. The molecular formula is C11H21NO2. The minimum Gasteiger partial charge on any atom is -0.396 e. The van der Waals surface area contributed by atoms with Gasteiger partial charge in [0.2, 0.25) is 5.91 Å². The molecule has 2 N–H and O–H groups in total. The summed E-state index contributed by atoms with van der Waals surface area (Å²) in [4.78, 5) is 11.6. The average Bonchev–Trinajstić information content (AvgIpc) is 2.93. The quantitative estimate of drug-likeness (QED) is 0.698. The Bertz CT molecular complexity index is 209. The molecule has 0 saturated heterocycles. The van der Waals surface area contributed by atoms with Crippen molar-refractivity contribution in [2.75, 3.05) is 13.2 Å². The maximum absolute atomic E-state index is 11.6. The van der Waals surface area contributed by atoms with Gasteiger partial charge < -0.3 is 10.4 Å². The molecule has 0 aromatic carbocycles. The van der Waals surface area contributed by atoms with E-state index < -0.39 is 0 Å². The normalized spacial score (nSPS) is 20.6. The molecule has 1 amide bonds. The molecule has 3 heteroatoms. The molecule has 1 unspecified atom stereocenters. The lowest BCUT2D eigenvalue weighted by molar-refractivity contribution is -0.126. The Kier molecular flexibility index (Phi) is 3.53. The van der Waals surface area contributed by atoms with Gasteiger partial charge in [0.15, 0.2) is 0 Å². The summed E-state index contributed by atoms with van der Waals surface area (Å²) in [5.74, 6) is 0.545. The second kappa shape index (κ2) is 4.30. The van der Waals surface area contributed by atoms with E-state index >= 15 is 0 Å². The summed E-state index contributed by atoms with van der Waals surface area (Å²) in [5.41, 5.74) is 0.0202. The zero-order valence-corrected chi connectivity index (χ0v) is 9.34. The number of hydrogen-bond donors (Lipinski definition) is 2. The van der Waals surface area contributed by atoms with Crippen molar-refractivity contribution < 1.29 is 9.90 Å². The van der Waals surface area contributed by atoms with Gasteiger partial charge in [-0.15, -0.1) is 0 Å². The van der Waals surface area contributed by atoms with E-state index in [1.807, 2.05) is 20.8 Å². The summed E-state index contributed by atoms with van der Waals surface area (Å²) in [6.07, 6.45) is 2.08. The maximum atomic E-state index is 11.6. The Hall–Kier alpha value is -0.570. The van der Waals surface area contributed by atoms with Gasteiger partial charge in [0.25, 0.3) is 0 Å². The first-order valence-corrected chi connectivity index (χ1v) is 5.39. The predicted molar refractivity (Wildman–Crippen MR) is 55.8 cm³/mol. The molecule has 14 heavy (non-hydrogen) atoms. The van der Waals surface area contributed by atoms with Gasteiger partial charge in [-0.1, -0.05) is 20.8 Å². The first kappa shape index (κ1) is 11.5. The lowest BCUT2D eigenvalue weighted by Gasteiger charge is -2.18. The number of nitrogens with one attached hydrogen (secondary N) is 1. The lowest BCUT2D eigenvalue weighted by Crippen LogP contribution is -2.36. The van der Waals surface area contributed by atoms with Crippen LogP contribution in [-0.4, -0.2) is 24.2 Å². The van der Waals surface area contributed by atoms with Gasteiger partial charge in [-0.05, 0) is 18.8 Å². The fourth-order valence-corrected chi connectivity index (χ4v) is 1.31. The zero-order chi connectivity index (χ0) is 10.8. The van der Waals surface area contributed by atoms with E-state index in [9.17, 15) is 4.79 Å². The number of aliphatic hydroxyl groups excluding tert-OH is 1. The van der Waals surface area contributed by atoms with E-state index in [0.717, 1.165) is 12.8 Å².